The SMILES string of the molecule is O=C(COC[C@H]1O[C@H](O)[C@H](O)[C@@H](O)[C@H]1O)c1ccc(OCc2ccccc2)cc1. The van der Waals surface area contributed by atoms with Gasteiger partial charge in [0.15, 0.2) is 12.1 Å². The van der Waals surface area contributed by atoms with Crippen molar-refractivity contribution in [2.45, 2.75) is 37.3 Å². The molecule has 1 heterocycles. The summed E-state index contributed by atoms with van der Waals surface area (Å²) in [6, 6.07) is 16.4. The lowest BCUT2D eigenvalue weighted by Gasteiger charge is -2.38. The number of aliphatic hydroxyl groups is 4. The van der Waals surface area contributed by atoms with E-state index in [2.05, 4.69) is 0 Å². The molecule has 2 aromatic rings. The molecule has 1 aliphatic rings. The lowest BCUT2D eigenvalue weighted by Crippen LogP contribution is -2.58. The highest BCUT2D eigenvalue weighted by Gasteiger charge is 2.43. The van der Waals surface area contributed by atoms with Crippen LogP contribution in [0.25, 0.3) is 0 Å². The standard InChI is InChI=1S/C21H24O8/c22-16(11-27-12-17-18(23)19(24)20(25)21(26)29-17)14-6-8-15(9-7-14)28-10-13-4-2-1-3-5-13/h1-9,17-21,23-26H,10-12H2/t17-,18+,19+,20-,21+/m1/s1. The summed E-state index contributed by atoms with van der Waals surface area (Å²) in [4.78, 5) is 12.2. The minimum absolute atomic E-state index is 0.230. The summed E-state index contributed by atoms with van der Waals surface area (Å²) in [5.74, 6) is 0.345. The van der Waals surface area contributed by atoms with E-state index in [1.165, 1.54) is 0 Å². The monoisotopic (exact) mass is 404 g/mol. The Labute approximate surface area is 167 Å². The van der Waals surface area contributed by atoms with E-state index in [4.69, 9.17) is 14.2 Å². The molecule has 3 rings (SSSR count). The van der Waals surface area contributed by atoms with Gasteiger partial charge in [-0.25, -0.2) is 0 Å². The predicted molar refractivity (Wildman–Crippen MR) is 101 cm³/mol. The molecule has 0 amide bonds. The van der Waals surface area contributed by atoms with Crippen LogP contribution in [-0.2, 0) is 16.1 Å². The number of benzene rings is 2. The minimum atomic E-state index is -1.64. The van der Waals surface area contributed by atoms with Crippen LogP contribution < -0.4 is 4.74 Å². The van der Waals surface area contributed by atoms with Crippen LogP contribution in [0.2, 0.25) is 0 Å². The van der Waals surface area contributed by atoms with Crippen molar-refractivity contribution in [2.75, 3.05) is 13.2 Å². The Bertz CT molecular complexity index is 779. The molecule has 0 radical (unpaired) electrons. The van der Waals surface area contributed by atoms with Gasteiger partial charge in [0.25, 0.3) is 0 Å². The van der Waals surface area contributed by atoms with Crippen molar-refractivity contribution >= 4 is 5.78 Å². The topological polar surface area (TPSA) is 126 Å². The average molecular weight is 404 g/mol. The Hall–Kier alpha value is -2.33. The van der Waals surface area contributed by atoms with E-state index in [-0.39, 0.29) is 19.0 Å². The highest BCUT2D eigenvalue weighted by molar-refractivity contribution is 5.97. The molecule has 8 nitrogen and oxygen atoms in total. The Kier molecular flexibility index (Phi) is 7.32. The molecule has 0 saturated carbocycles. The summed E-state index contributed by atoms with van der Waals surface area (Å²) in [6.45, 7) is -0.0785. The number of Topliss-reactive ketones (excluding diaryl/α,β-unsaturated/α-hetero) is 1. The lowest BCUT2D eigenvalue weighted by atomic mass is 9.99. The van der Waals surface area contributed by atoms with Crippen molar-refractivity contribution in [1.29, 1.82) is 0 Å². The third-order valence-electron chi connectivity index (χ3n) is 4.63. The Morgan fingerprint density at radius 2 is 1.59 bits per heavy atom. The fraction of sp³-hybridized carbons (Fsp3) is 0.381. The second-order valence-corrected chi connectivity index (χ2v) is 6.77. The smallest absolute Gasteiger partial charge is 0.188 e. The molecule has 0 unspecified atom stereocenters. The zero-order chi connectivity index (χ0) is 20.8. The summed E-state index contributed by atoms with van der Waals surface area (Å²) >= 11 is 0. The Morgan fingerprint density at radius 1 is 0.897 bits per heavy atom. The first kappa shape index (κ1) is 21.4. The first-order valence-electron chi connectivity index (χ1n) is 9.21. The van der Waals surface area contributed by atoms with E-state index in [0.717, 1.165) is 5.56 Å². The van der Waals surface area contributed by atoms with Gasteiger partial charge in [-0.3, -0.25) is 4.79 Å². The van der Waals surface area contributed by atoms with Crippen LogP contribution in [0, 0.1) is 0 Å². The van der Waals surface area contributed by atoms with Crippen LogP contribution in [-0.4, -0.2) is 70.1 Å². The van der Waals surface area contributed by atoms with Gasteiger partial charge >= 0.3 is 0 Å². The molecule has 5 atom stereocenters. The maximum absolute atomic E-state index is 12.2. The van der Waals surface area contributed by atoms with Gasteiger partial charge in [-0.05, 0) is 29.8 Å². The molecule has 156 valence electrons. The molecule has 0 aliphatic carbocycles. The Balaban J connectivity index is 1.45. The number of ketones is 1. The van der Waals surface area contributed by atoms with Crippen LogP contribution in [0.5, 0.6) is 5.75 Å². The lowest BCUT2D eigenvalue weighted by molar-refractivity contribution is -0.288. The first-order chi connectivity index (χ1) is 14.0. The maximum atomic E-state index is 12.2. The van der Waals surface area contributed by atoms with Crippen LogP contribution >= 0.6 is 0 Å². The molecule has 8 heteroatoms. The summed E-state index contributed by atoms with van der Waals surface area (Å²) in [6.07, 6.45) is -7.31. The number of hydrogen-bond donors (Lipinski definition) is 4. The van der Waals surface area contributed by atoms with Gasteiger partial charge in [0.1, 0.15) is 43.4 Å². The summed E-state index contributed by atoms with van der Waals surface area (Å²) in [5.41, 5.74) is 1.47. The molecule has 1 fully saturated rings. The van der Waals surface area contributed by atoms with Gasteiger partial charge in [0.05, 0.1) is 6.61 Å². The molecule has 2 aromatic carbocycles. The third-order valence-corrected chi connectivity index (χ3v) is 4.63. The number of aliphatic hydroxyl groups excluding tert-OH is 4. The molecular weight excluding hydrogens is 380 g/mol. The fourth-order valence-electron chi connectivity index (χ4n) is 2.90. The molecule has 0 spiro atoms. The number of rotatable bonds is 8. The van der Waals surface area contributed by atoms with Gasteiger partial charge in [-0.15, -0.1) is 0 Å². The van der Waals surface area contributed by atoms with Crippen LogP contribution in [0.3, 0.4) is 0 Å². The van der Waals surface area contributed by atoms with Crippen LogP contribution in [0.4, 0.5) is 0 Å². The number of carbonyl (C=O) groups excluding carboxylic acids is 1. The summed E-state index contributed by atoms with van der Waals surface area (Å²) < 4.78 is 15.9. The number of ether oxygens (including phenoxy) is 3. The minimum Gasteiger partial charge on any atom is -0.489 e. The van der Waals surface area contributed by atoms with Gasteiger partial charge in [0.2, 0.25) is 0 Å². The van der Waals surface area contributed by atoms with E-state index in [0.29, 0.717) is 17.9 Å². The third kappa shape index (κ3) is 5.60. The fourth-order valence-corrected chi connectivity index (χ4v) is 2.90. The van der Waals surface area contributed by atoms with Crippen molar-refractivity contribution in [3.8, 4) is 5.75 Å². The van der Waals surface area contributed by atoms with E-state index in [9.17, 15) is 25.2 Å². The molecule has 1 saturated heterocycles. The van der Waals surface area contributed by atoms with Crippen molar-refractivity contribution in [2.24, 2.45) is 0 Å². The number of hydrogen-bond acceptors (Lipinski definition) is 8. The maximum Gasteiger partial charge on any atom is 0.188 e. The molecule has 0 aromatic heterocycles. The van der Waals surface area contributed by atoms with Crippen LogP contribution in [0.15, 0.2) is 54.6 Å². The first-order valence-corrected chi connectivity index (χ1v) is 9.21. The second kappa shape index (κ2) is 9.93. The van der Waals surface area contributed by atoms with E-state index >= 15 is 0 Å². The normalized spacial score (nSPS) is 26.8. The van der Waals surface area contributed by atoms with Crippen molar-refractivity contribution in [3.05, 3.63) is 65.7 Å². The highest BCUT2D eigenvalue weighted by Crippen LogP contribution is 2.20. The van der Waals surface area contributed by atoms with E-state index < -0.39 is 30.7 Å². The van der Waals surface area contributed by atoms with Gasteiger partial charge in [0, 0.05) is 5.56 Å². The van der Waals surface area contributed by atoms with Crippen molar-refractivity contribution < 1.29 is 39.4 Å². The quantitative estimate of drug-likeness (QED) is 0.462. The van der Waals surface area contributed by atoms with E-state index in [1.54, 1.807) is 24.3 Å². The zero-order valence-electron chi connectivity index (χ0n) is 15.6. The summed E-state index contributed by atoms with van der Waals surface area (Å²) in [5, 5.41) is 38.4. The van der Waals surface area contributed by atoms with Crippen LogP contribution in [0.1, 0.15) is 15.9 Å². The number of carbonyl (C=O) groups is 1. The second-order valence-electron chi connectivity index (χ2n) is 6.77. The van der Waals surface area contributed by atoms with Gasteiger partial charge < -0.3 is 34.6 Å². The Morgan fingerprint density at radius 3 is 2.28 bits per heavy atom. The molecule has 29 heavy (non-hydrogen) atoms. The molecular formula is C21H24O8. The average Bonchev–Trinajstić information content (AvgIpc) is 2.75. The van der Waals surface area contributed by atoms with Gasteiger partial charge in [-0.1, -0.05) is 30.3 Å². The van der Waals surface area contributed by atoms with E-state index in [1.807, 2.05) is 30.3 Å². The zero-order valence-corrected chi connectivity index (χ0v) is 15.6. The van der Waals surface area contributed by atoms with Crippen molar-refractivity contribution in [3.63, 3.8) is 0 Å². The molecule has 1 aliphatic heterocycles. The molecule has 0 bridgehead atoms. The predicted octanol–water partition coefficient (Wildman–Crippen LogP) is 0.265. The largest absolute Gasteiger partial charge is 0.489 e. The summed E-state index contributed by atoms with van der Waals surface area (Å²) in [7, 11) is 0. The van der Waals surface area contributed by atoms with Crippen molar-refractivity contribution in [1.82, 2.24) is 0 Å². The molecule has 4 N–H and O–H groups in total. The van der Waals surface area contributed by atoms with Gasteiger partial charge in [-0.2, -0.15) is 0 Å². The highest BCUT2D eigenvalue weighted by atomic mass is 16.6.